The van der Waals surface area contributed by atoms with Gasteiger partial charge in [-0.25, -0.2) is 4.79 Å². The van der Waals surface area contributed by atoms with Crippen LogP contribution >= 0.6 is 17.1 Å². The van der Waals surface area contributed by atoms with E-state index >= 15 is 0 Å². The molecule has 76 valence electrons. The highest BCUT2D eigenvalue weighted by molar-refractivity contribution is 7.42. The molecule has 0 unspecified atom stereocenters. The zero-order chi connectivity index (χ0) is 10.7. The highest BCUT2D eigenvalue weighted by Gasteiger charge is 1.73. The van der Waals surface area contributed by atoms with Gasteiger partial charge in [0.15, 0.2) is 0 Å². The summed E-state index contributed by atoms with van der Waals surface area (Å²) in [5, 5.41) is 0. The number of nitrogens with two attached hydrogens (primary N) is 4. The zero-order valence-corrected chi connectivity index (χ0v) is 7.69. The zero-order valence-electron chi connectivity index (χ0n) is 5.90. The second-order valence-electron chi connectivity index (χ2n) is 1.04. The van der Waals surface area contributed by atoms with Crippen LogP contribution in [0.2, 0.25) is 0 Å². The second-order valence-corrected chi connectivity index (χ2v) is 2.32. The quantitative estimate of drug-likeness (QED) is 0.204. The van der Waals surface area contributed by atoms with Crippen LogP contribution in [0.25, 0.3) is 0 Å². The first-order valence-electron chi connectivity index (χ1n) is 2.10. The van der Waals surface area contributed by atoms with Crippen LogP contribution in [-0.2, 0) is 0 Å². The smallest absolute Gasteiger partial charge is 0.309 e. The summed E-state index contributed by atoms with van der Waals surface area (Å²) in [6.07, 6.45) is 0. The van der Waals surface area contributed by atoms with Crippen molar-refractivity contribution < 1.29 is 24.4 Å². The van der Waals surface area contributed by atoms with Gasteiger partial charge in [-0.1, -0.05) is 0 Å². The third kappa shape index (κ3) is 64600. The molecular formula is CH12N4O5P2. The van der Waals surface area contributed by atoms with Crippen molar-refractivity contribution in [2.75, 3.05) is 0 Å². The highest BCUT2D eigenvalue weighted by atomic mass is 31.2. The van der Waals surface area contributed by atoms with Gasteiger partial charge in [-0.05, 0) is 0 Å². The fourth-order valence-corrected chi connectivity index (χ4v) is 0. The van der Waals surface area contributed by atoms with Crippen molar-refractivity contribution in [1.82, 2.24) is 0 Å². The first-order valence-corrected chi connectivity index (χ1v) is 4.73. The van der Waals surface area contributed by atoms with E-state index < -0.39 is 23.1 Å². The summed E-state index contributed by atoms with van der Waals surface area (Å²) in [5.41, 5.74) is 17.1. The summed E-state index contributed by atoms with van der Waals surface area (Å²) in [6.45, 7) is 0. The Hall–Kier alpha value is -0.110. The van der Waals surface area contributed by atoms with Crippen LogP contribution in [0.4, 0.5) is 4.79 Å². The average Bonchev–Trinajstić information content (AvgIpc) is 1.54. The standard InChI is InChI=1S/CH4N2O.2H4NO2P/c2-1(3)4;2*1-4(2)3/h(H4,2,3,4);2*2-3H,1H2. The molecule has 0 heterocycles. The predicted molar refractivity (Wildman–Crippen MR) is 44.9 cm³/mol. The molecule has 0 aromatic rings. The number of carbonyl (C=O) groups excluding carboxylic acids is 1. The van der Waals surface area contributed by atoms with Crippen molar-refractivity contribution in [2.45, 2.75) is 0 Å². The topological polar surface area (TPSA) is 202 Å². The van der Waals surface area contributed by atoms with Crippen molar-refractivity contribution in [2.24, 2.45) is 22.5 Å². The van der Waals surface area contributed by atoms with Gasteiger partial charge in [0.05, 0.1) is 0 Å². The number of urea groups is 1. The van der Waals surface area contributed by atoms with Crippen molar-refractivity contribution >= 4 is 23.1 Å². The number of rotatable bonds is 0. The molecule has 0 atom stereocenters. The Morgan fingerprint density at radius 1 is 0.917 bits per heavy atom. The number of primary amides is 2. The molecule has 0 saturated heterocycles. The molecule has 11 heteroatoms. The second kappa shape index (κ2) is 13.5. The Bertz CT molecular complexity index is 83.9. The summed E-state index contributed by atoms with van der Waals surface area (Å²) in [7, 11) is -4.24. The summed E-state index contributed by atoms with van der Waals surface area (Å²) in [5.74, 6) is 0. The molecule has 0 saturated carbocycles. The summed E-state index contributed by atoms with van der Waals surface area (Å²) < 4.78 is 0. The van der Waals surface area contributed by atoms with Crippen molar-refractivity contribution in [1.29, 1.82) is 0 Å². The van der Waals surface area contributed by atoms with Gasteiger partial charge in [-0.15, -0.1) is 0 Å². The van der Waals surface area contributed by atoms with E-state index in [1.165, 1.54) is 0 Å². The average molecular weight is 222 g/mol. The van der Waals surface area contributed by atoms with E-state index in [0.29, 0.717) is 0 Å². The highest BCUT2D eigenvalue weighted by Crippen LogP contribution is 2.05. The van der Waals surface area contributed by atoms with E-state index in [1.807, 2.05) is 0 Å². The molecule has 0 aromatic carbocycles. The fraction of sp³-hybridized carbons (Fsp3) is 0. The Balaban J connectivity index is -0.000000101. The SMILES string of the molecule is NC(N)=O.NP(O)O.NP(O)O. The first kappa shape index (κ1) is 17.8. The summed E-state index contributed by atoms with van der Waals surface area (Å²) in [6, 6.07) is -0.833. The number of hydrogen-bond donors (Lipinski definition) is 8. The van der Waals surface area contributed by atoms with Crippen molar-refractivity contribution in [3.63, 3.8) is 0 Å². The molecule has 0 bridgehead atoms. The van der Waals surface area contributed by atoms with E-state index in [4.69, 9.17) is 24.4 Å². The molecule has 9 nitrogen and oxygen atoms in total. The van der Waals surface area contributed by atoms with Gasteiger partial charge in [-0.2, -0.15) is 0 Å². The molecule has 0 aliphatic rings. The maximum absolute atomic E-state index is 9.00. The van der Waals surface area contributed by atoms with Gasteiger partial charge in [0, 0.05) is 0 Å². The van der Waals surface area contributed by atoms with Crippen LogP contribution in [0.3, 0.4) is 0 Å². The molecule has 12 N–H and O–H groups in total. The van der Waals surface area contributed by atoms with Crippen LogP contribution in [0.1, 0.15) is 0 Å². The van der Waals surface area contributed by atoms with E-state index in [0.717, 1.165) is 0 Å². The van der Waals surface area contributed by atoms with Gasteiger partial charge in [0.2, 0.25) is 17.1 Å². The van der Waals surface area contributed by atoms with E-state index in [1.54, 1.807) is 0 Å². The molecule has 0 fully saturated rings. The normalized spacial score (nSPS) is 8.00. The number of hydrogen-bond acceptors (Lipinski definition) is 7. The van der Waals surface area contributed by atoms with Gasteiger partial charge in [-0.3, -0.25) is 11.0 Å². The van der Waals surface area contributed by atoms with Gasteiger partial charge < -0.3 is 31.0 Å². The molecule has 0 aliphatic carbocycles. The molecule has 0 rings (SSSR count). The summed E-state index contributed by atoms with van der Waals surface area (Å²) in [4.78, 5) is 38.8. The molecule has 2 amide bonds. The summed E-state index contributed by atoms with van der Waals surface area (Å²) >= 11 is 0. The first-order chi connectivity index (χ1) is 5.20. The predicted octanol–water partition coefficient (Wildman–Crippen LogP) is -2.66. The third-order valence-electron chi connectivity index (χ3n) is 0. The molecular weight excluding hydrogens is 210 g/mol. The minimum absolute atomic E-state index is 0.833. The Kier molecular flexibility index (Phi) is 20.0. The monoisotopic (exact) mass is 222 g/mol. The van der Waals surface area contributed by atoms with E-state index in [-0.39, 0.29) is 0 Å². The molecule has 0 spiro atoms. The Morgan fingerprint density at radius 2 is 0.917 bits per heavy atom. The fourth-order valence-electron chi connectivity index (χ4n) is 0. The van der Waals surface area contributed by atoms with Crippen LogP contribution < -0.4 is 22.5 Å². The lowest BCUT2D eigenvalue weighted by molar-refractivity contribution is 0.256. The Labute approximate surface area is 70.9 Å². The van der Waals surface area contributed by atoms with Crippen LogP contribution in [0, 0.1) is 0 Å². The van der Waals surface area contributed by atoms with Crippen molar-refractivity contribution in [3.8, 4) is 0 Å². The Morgan fingerprint density at radius 3 is 0.917 bits per heavy atom. The number of carbonyl (C=O) groups is 1. The number of amides is 2. The van der Waals surface area contributed by atoms with E-state index in [2.05, 4.69) is 22.5 Å². The minimum Gasteiger partial charge on any atom is -0.352 e. The van der Waals surface area contributed by atoms with Crippen LogP contribution in [0.5, 0.6) is 0 Å². The van der Waals surface area contributed by atoms with Crippen LogP contribution in [0.15, 0.2) is 0 Å². The van der Waals surface area contributed by atoms with Gasteiger partial charge in [0.1, 0.15) is 0 Å². The maximum Gasteiger partial charge on any atom is 0.309 e. The van der Waals surface area contributed by atoms with Crippen molar-refractivity contribution in [3.05, 3.63) is 0 Å². The lowest BCUT2D eigenvalue weighted by Gasteiger charge is -1.79. The lowest BCUT2D eigenvalue weighted by atomic mass is 11.2. The molecule has 0 aliphatic heterocycles. The van der Waals surface area contributed by atoms with Gasteiger partial charge in [0.25, 0.3) is 0 Å². The molecule has 12 heavy (non-hydrogen) atoms. The molecule has 0 radical (unpaired) electrons. The van der Waals surface area contributed by atoms with E-state index in [9.17, 15) is 0 Å². The molecule has 0 aromatic heterocycles. The maximum atomic E-state index is 9.00. The van der Waals surface area contributed by atoms with Gasteiger partial charge >= 0.3 is 6.03 Å². The lowest BCUT2D eigenvalue weighted by Crippen LogP contribution is -2.18. The largest absolute Gasteiger partial charge is 0.352 e. The minimum atomic E-state index is -2.12. The third-order valence-corrected chi connectivity index (χ3v) is 0. The van der Waals surface area contributed by atoms with Crippen LogP contribution in [-0.4, -0.2) is 25.6 Å².